The van der Waals surface area contributed by atoms with Gasteiger partial charge in [0.05, 0.1) is 26.4 Å². The molecule has 3 aromatic rings. The number of hydrogen-bond donors (Lipinski definition) is 1. The lowest BCUT2D eigenvalue weighted by atomic mass is 10.2. The molecule has 1 aliphatic rings. The topological polar surface area (TPSA) is 67.2 Å². The molecule has 0 bridgehead atoms. The van der Waals surface area contributed by atoms with Gasteiger partial charge in [-0.15, -0.1) is 0 Å². The van der Waals surface area contributed by atoms with Crippen LogP contribution in [0.3, 0.4) is 0 Å². The fourth-order valence-corrected chi connectivity index (χ4v) is 4.19. The van der Waals surface area contributed by atoms with Gasteiger partial charge in [0.2, 0.25) is 0 Å². The maximum atomic E-state index is 13.3. The number of para-hydroxylation sites is 1. The standard InChI is InChI=1S/C25H30ClN3O4/c1-18(23-17-19-5-3-6-22(31-2)24(19)33-23)29(12-4-11-28-13-15-32-16-14-28)25(30)27-21-9-7-20(26)8-10-21/h3,5-10,17-18H,4,11-16H2,1-2H3,(H,27,30)/t18-/m0/s1. The minimum Gasteiger partial charge on any atom is -0.493 e. The number of nitrogens with one attached hydrogen (secondary N) is 1. The largest absolute Gasteiger partial charge is 0.493 e. The molecule has 1 aromatic heterocycles. The molecule has 0 spiro atoms. The molecular formula is C25H30ClN3O4. The number of amides is 2. The molecule has 2 amide bonds. The second-order valence-corrected chi connectivity index (χ2v) is 8.58. The highest BCUT2D eigenvalue weighted by Crippen LogP contribution is 2.33. The summed E-state index contributed by atoms with van der Waals surface area (Å²) in [4.78, 5) is 17.5. The third-order valence-corrected chi connectivity index (χ3v) is 6.21. The van der Waals surface area contributed by atoms with Gasteiger partial charge in [0.25, 0.3) is 0 Å². The van der Waals surface area contributed by atoms with Crippen LogP contribution in [-0.4, -0.2) is 62.3 Å². The van der Waals surface area contributed by atoms with Crippen LogP contribution < -0.4 is 10.1 Å². The average molecular weight is 472 g/mol. The van der Waals surface area contributed by atoms with E-state index in [2.05, 4.69) is 10.2 Å². The van der Waals surface area contributed by atoms with Crippen molar-refractivity contribution in [3.63, 3.8) is 0 Å². The van der Waals surface area contributed by atoms with Crippen molar-refractivity contribution in [2.45, 2.75) is 19.4 Å². The summed E-state index contributed by atoms with van der Waals surface area (Å²) in [5.74, 6) is 1.39. The van der Waals surface area contributed by atoms with E-state index in [0.717, 1.165) is 44.7 Å². The Morgan fingerprint density at radius 2 is 1.97 bits per heavy atom. The van der Waals surface area contributed by atoms with Crippen molar-refractivity contribution in [1.82, 2.24) is 9.80 Å². The Balaban J connectivity index is 1.52. The second kappa shape index (κ2) is 10.9. The van der Waals surface area contributed by atoms with E-state index >= 15 is 0 Å². The number of furan rings is 1. The lowest BCUT2D eigenvalue weighted by Crippen LogP contribution is -2.41. The van der Waals surface area contributed by atoms with Crippen molar-refractivity contribution in [1.29, 1.82) is 0 Å². The Morgan fingerprint density at radius 1 is 1.21 bits per heavy atom. The Kier molecular flexibility index (Phi) is 7.75. The number of carbonyl (C=O) groups is 1. The van der Waals surface area contributed by atoms with E-state index in [1.165, 1.54) is 0 Å². The summed E-state index contributed by atoms with van der Waals surface area (Å²) >= 11 is 5.99. The SMILES string of the molecule is COc1cccc2cc([C@H](C)N(CCCN3CCOCC3)C(=O)Nc3ccc(Cl)cc3)oc12. The molecule has 0 radical (unpaired) electrons. The van der Waals surface area contributed by atoms with Crippen LogP contribution in [0.4, 0.5) is 10.5 Å². The first kappa shape index (κ1) is 23.4. The number of urea groups is 1. The molecule has 1 aliphatic heterocycles. The van der Waals surface area contributed by atoms with E-state index in [-0.39, 0.29) is 12.1 Å². The predicted molar refractivity (Wildman–Crippen MR) is 130 cm³/mol. The molecule has 7 nitrogen and oxygen atoms in total. The minimum absolute atomic E-state index is 0.181. The summed E-state index contributed by atoms with van der Waals surface area (Å²) < 4.78 is 17.0. The highest BCUT2D eigenvalue weighted by Gasteiger charge is 2.25. The number of anilines is 1. The van der Waals surface area contributed by atoms with E-state index < -0.39 is 0 Å². The molecule has 1 saturated heterocycles. The fraction of sp³-hybridized carbons (Fsp3) is 0.400. The van der Waals surface area contributed by atoms with E-state index in [4.69, 9.17) is 25.5 Å². The molecule has 0 saturated carbocycles. The summed E-state index contributed by atoms with van der Waals surface area (Å²) in [5, 5.41) is 4.56. The Hall–Kier alpha value is -2.74. The molecule has 8 heteroatoms. The molecule has 2 aromatic carbocycles. The van der Waals surface area contributed by atoms with Gasteiger partial charge in [0.15, 0.2) is 11.3 Å². The molecule has 1 fully saturated rings. The number of morpholine rings is 1. The van der Waals surface area contributed by atoms with Gasteiger partial charge in [0, 0.05) is 42.3 Å². The summed E-state index contributed by atoms with van der Waals surface area (Å²) in [5.41, 5.74) is 1.38. The first-order valence-electron chi connectivity index (χ1n) is 11.2. The lowest BCUT2D eigenvalue weighted by Gasteiger charge is -2.31. The monoisotopic (exact) mass is 471 g/mol. The number of rotatable bonds is 8. The number of fused-ring (bicyclic) bond motifs is 1. The summed E-state index contributed by atoms with van der Waals surface area (Å²) in [7, 11) is 1.62. The summed E-state index contributed by atoms with van der Waals surface area (Å²) in [6.07, 6.45) is 0.849. The smallest absolute Gasteiger partial charge is 0.322 e. The summed E-state index contributed by atoms with van der Waals surface area (Å²) in [6, 6.07) is 14.4. The zero-order valence-electron chi connectivity index (χ0n) is 19.1. The van der Waals surface area contributed by atoms with Crippen LogP contribution in [0.5, 0.6) is 5.75 Å². The van der Waals surface area contributed by atoms with Gasteiger partial charge in [0.1, 0.15) is 5.76 Å². The van der Waals surface area contributed by atoms with E-state index in [9.17, 15) is 4.79 Å². The Morgan fingerprint density at radius 3 is 2.70 bits per heavy atom. The molecule has 1 atom stereocenters. The van der Waals surface area contributed by atoms with E-state index in [0.29, 0.717) is 34.3 Å². The molecule has 0 aliphatic carbocycles. The first-order valence-corrected chi connectivity index (χ1v) is 11.6. The molecule has 0 unspecified atom stereocenters. The van der Waals surface area contributed by atoms with Crippen LogP contribution in [0.25, 0.3) is 11.0 Å². The third-order valence-electron chi connectivity index (χ3n) is 5.96. The number of halogens is 1. The van der Waals surface area contributed by atoms with Crippen LogP contribution in [-0.2, 0) is 4.74 Å². The van der Waals surface area contributed by atoms with Crippen LogP contribution >= 0.6 is 11.6 Å². The van der Waals surface area contributed by atoms with Gasteiger partial charge >= 0.3 is 6.03 Å². The van der Waals surface area contributed by atoms with Crippen molar-refractivity contribution in [2.24, 2.45) is 0 Å². The van der Waals surface area contributed by atoms with Gasteiger partial charge in [-0.05, 0) is 49.7 Å². The van der Waals surface area contributed by atoms with Crippen LogP contribution in [0, 0.1) is 0 Å². The lowest BCUT2D eigenvalue weighted by molar-refractivity contribution is 0.0361. The number of nitrogens with zero attached hydrogens (tertiary/aromatic N) is 2. The molecule has 2 heterocycles. The van der Waals surface area contributed by atoms with Gasteiger partial charge < -0.3 is 24.1 Å². The predicted octanol–water partition coefficient (Wildman–Crippen LogP) is 5.41. The minimum atomic E-state index is -0.265. The van der Waals surface area contributed by atoms with Crippen LogP contribution in [0.1, 0.15) is 25.1 Å². The van der Waals surface area contributed by atoms with Crippen molar-refractivity contribution in [2.75, 3.05) is 51.8 Å². The highest BCUT2D eigenvalue weighted by atomic mass is 35.5. The van der Waals surface area contributed by atoms with Crippen molar-refractivity contribution >= 4 is 34.3 Å². The van der Waals surface area contributed by atoms with E-state index in [1.807, 2.05) is 36.1 Å². The molecular weight excluding hydrogens is 442 g/mol. The second-order valence-electron chi connectivity index (χ2n) is 8.14. The molecule has 1 N–H and O–H groups in total. The zero-order valence-corrected chi connectivity index (χ0v) is 19.8. The molecule has 176 valence electrons. The number of hydrogen-bond acceptors (Lipinski definition) is 5. The summed E-state index contributed by atoms with van der Waals surface area (Å²) in [6.45, 7) is 6.86. The van der Waals surface area contributed by atoms with Gasteiger partial charge in [-0.25, -0.2) is 4.79 Å². The van der Waals surface area contributed by atoms with Crippen molar-refractivity contribution in [3.8, 4) is 5.75 Å². The normalized spacial score (nSPS) is 15.4. The quantitative estimate of drug-likeness (QED) is 0.475. The third kappa shape index (κ3) is 5.79. The molecule has 33 heavy (non-hydrogen) atoms. The van der Waals surface area contributed by atoms with Crippen LogP contribution in [0.2, 0.25) is 5.02 Å². The number of carbonyl (C=O) groups excluding carboxylic acids is 1. The number of ether oxygens (including phenoxy) is 2. The highest BCUT2D eigenvalue weighted by molar-refractivity contribution is 6.30. The Labute approximate surface area is 199 Å². The fourth-order valence-electron chi connectivity index (χ4n) is 4.07. The van der Waals surface area contributed by atoms with Gasteiger partial charge in [-0.1, -0.05) is 23.7 Å². The maximum absolute atomic E-state index is 13.3. The maximum Gasteiger partial charge on any atom is 0.322 e. The van der Waals surface area contributed by atoms with Crippen molar-refractivity contribution < 1.29 is 18.7 Å². The zero-order chi connectivity index (χ0) is 23.2. The molecule has 4 rings (SSSR count). The van der Waals surface area contributed by atoms with Gasteiger partial charge in [-0.3, -0.25) is 4.90 Å². The van der Waals surface area contributed by atoms with Crippen LogP contribution in [0.15, 0.2) is 52.9 Å². The number of methoxy groups -OCH3 is 1. The first-order chi connectivity index (χ1) is 16.0. The van der Waals surface area contributed by atoms with Crippen molar-refractivity contribution in [3.05, 3.63) is 59.3 Å². The van der Waals surface area contributed by atoms with E-state index in [1.54, 1.807) is 31.4 Å². The average Bonchev–Trinajstić information content (AvgIpc) is 3.28. The van der Waals surface area contributed by atoms with Gasteiger partial charge in [-0.2, -0.15) is 0 Å². The Bertz CT molecular complexity index is 1060. The number of benzene rings is 2.